The van der Waals surface area contributed by atoms with Crippen LogP contribution >= 0.6 is 0 Å². The molecule has 1 aliphatic carbocycles. The monoisotopic (exact) mass is 293 g/mol. The van der Waals surface area contributed by atoms with Crippen molar-refractivity contribution in [2.45, 2.75) is 38.1 Å². The molecule has 4 nitrogen and oxygen atoms in total. The van der Waals surface area contributed by atoms with Gasteiger partial charge in [0.15, 0.2) is 11.6 Å². The summed E-state index contributed by atoms with van der Waals surface area (Å²) in [7, 11) is 0. The van der Waals surface area contributed by atoms with E-state index in [1.165, 1.54) is 18.9 Å². The second-order valence-corrected chi connectivity index (χ2v) is 5.55. The molecule has 0 amide bonds. The maximum atomic E-state index is 13.2. The first-order chi connectivity index (χ1) is 10.1. The van der Waals surface area contributed by atoms with Crippen molar-refractivity contribution in [2.24, 2.45) is 11.7 Å². The Balaban J connectivity index is 1.75. The van der Waals surface area contributed by atoms with E-state index in [4.69, 9.17) is 10.3 Å². The molecule has 6 heteroatoms. The van der Waals surface area contributed by atoms with Crippen molar-refractivity contribution in [3.63, 3.8) is 0 Å². The summed E-state index contributed by atoms with van der Waals surface area (Å²) in [6.45, 7) is 0. The molecule has 0 radical (unpaired) electrons. The highest BCUT2D eigenvalue weighted by atomic mass is 19.2. The summed E-state index contributed by atoms with van der Waals surface area (Å²) >= 11 is 0. The van der Waals surface area contributed by atoms with Crippen LogP contribution < -0.4 is 5.73 Å². The molecule has 0 saturated heterocycles. The molecule has 3 rings (SSSR count). The molecular weight excluding hydrogens is 276 g/mol. The Morgan fingerprint density at radius 3 is 2.76 bits per heavy atom. The van der Waals surface area contributed by atoms with Crippen LogP contribution in [0.25, 0.3) is 11.4 Å². The van der Waals surface area contributed by atoms with Crippen LogP contribution in [0.15, 0.2) is 22.7 Å². The number of nitrogens with zero attached hydrogens (tertiary/aromatic N) is 2. The summed E-state index contributed by atoms with van der Waals surface area (Å²) in [5.74, 6) is -0.703. The van der Waals surface area contributed by atoms with Gasteiger partial charge in [-0.1, -0.05) is 18.0 Å². The maximum Gasteiger partial charge on any atom is 0.227 e. The standard InChI is InChI=1S/C15H17F2N3O/c16-11-6-5-10(7-12(11)17)15-19-14(21-20-15)8-9-3-1-2-4-13(9)18/h5-7,9,13H,1-4,8,18H2. The van der Waals surface area contributed by atoms with Crippen LogP contribution in [-0.4, -0.2) is 16.2 Å². The van der Waals surface area contributed by atoms with Crippen molar-refractivity contribution in [3.05, 3.63) is 35.7 Å². The van der Waals surface area contributed by atoms with E-state index in [-0.39, 0.29) is 11.9 Å². The van der Waals surface area contributed by atoms with Gasteiger partial charge in [0.2, 0.25) is 11.7 Å². The van der Waals surface area contributed by atoms with Crippen molar-refractivity contribution in [1.29, 1.82) is 0 Å². The molecule has 0 aliphatic heterocycles. The highest BCUT2D eigenvalue weighted by Gasteiger charge is 2.24. The molecule has 2 aromatic rings. The third kappa shape index (κ3) is 3.10. The van der Waals surface area contributed by atoms with Gasteiger partial charge in [0.1, 0.15) is 0 Å². The second-order valence-electron chi connectivity index (χ2n) is 5.55. The van der Waals surface area contributed by atoms with Crippen molar-refractivity contribution in [3.8, 4) is 11.4 Å². The Labute approximate surface area is 121 Å². The Morgan fingerprint density at radius 2 is 2.00 bits per heavy atom. The van der Waals surface area contributed by atoms with Crippen LogP contribution in [-0.2, 0) is 6.42 Å². The summed E-state index contributed by atoms with van der Waals surface area (Å²) in [5, 5.41) is 3.83. The summed E-state index contributed by atoms with van der Waals surface area (Å²) < 4.78 is 31.3. The van der Waals surface area contributed by atoms with Crippen molar-refractivity contribution >= 4 is 0 Å². The van der Waals surface area contributed by atoms with Gasteiger partial charge in [0.25, 0.3) is 0 Å². The van der Waals surface area contributed by atoms with Gasteiger partial charge in [0.05, 0.1) is 0 Å². The van der Waals surface area contributed by atoms with Crippen LogP contribution in [0.1, 0.15) is 31.6 Å². The summed E-state index contributed by atoms with van der Waals surface area (Å²) in [5.41, 5.74) is 6.50. The lowest BCUT2D eigenvalue weighted by Crippen LogP contribution is -2.34. The summed E-state index contributed by atoms with van der Waals surface area (Å²) in [6, 6.07) is 3.71. The average molecular weight is 293 g/mol. The van der Waals surface area contributed by atoms with E-state index >= 15 is 0 Å². The number of halogens is 2. The molecule has 1 saturated carbocycles. The Hall–Kier alpha value is -1.82. The molecule has 2 N–H and O–H groups in total. The van der Waals surface area contributed by atoms with Crippen LogP contribution in [0, 0.1) is 17.6 Å². The molecule has 112 valence electrons. The SMILES string of the molecule is NC1CCCCC1Cc1nc(-c2ccc(F)c(F)c2)no1. The van der Waals surface area contributed by atoms with E-state index in [1.807, 2.05) is 0 Å². The minimum atomic E-state index is -0.923. The smallest absolute Gasteiger partial charge is 0.227 e. The van der Waals surface area contributed by atoms with Crippen LogP contribution in [0.5, 0.6) is 0 Å². The quantitative estimate of drug-likeness (QED) is 0.944. The molecule has 1 fully saturated rings. The third-order valence-electron chi connectivity index (χ3n) is 4.05. The topological polar surface area (TPSA) is 64.9 Å². The number of hydrogen-bond acceptors (Lipinski definition) is 4. The molecule has 1 aromatic carbocycles. The van der Waals surface area contributed by atoms with Crippen molar-refractivity contribution < 1.29 is 13.3 Å². The Morgan fingerprint density at radius 1 is 1.19 bits per heavy atom. The first-order valence-electron chi connectivity index (χ1n) is 7.17. The maximum absolute atomic E-state index is 13.2. The molecule has 2 atom stereocenters. The molecule has 1 heterocycles. The predicted octanol–water partition coefficient (Wildman–Crippen LogP) is 3.07. The number of hydrogen-bond donors (Lipinski definition) is 1. The zero-order chi connectivity index (χ0) is 14.8. The van der Waals surface area contributed by atoms with E-state index in [1.54, 1.807) is 0 Å². The molecule has 21 heavy (non-hydrogen) atoms. The van der Waals surface area contributed by atoms with Crippen molar-refractivity contribution in [1.82, 2.24) is 10.1 Å². The Bertz CT molecular complexity index is 629. The first-order valence-corrected chi connectivity index (χ1v) is 7.17. The van der Waals surface area contributed by atoms with Gasteiger partial charge in [-0.25, -0.2) is 8.78 Å². The second kappa shape index (κ2) is 5.89. The molecule has 2 unspecified atom stereocenters. The number of rotatable bonds is 3. The predicted molar refractivity (Wildman–Crippen MR) is 73.3 cm³/mol. The molecular formula is C15H17F2N3O. The fourth-order valence-electron chi connectivity index (χ4n) is 2.80. The van der Waals surface area contributed by atoms with Gasteiger partial charge in [-0.05, 0) is 37.0 Å². The van der Waals surface area contributed by atoms with Gasteiger partial charge < -0.3 is 10.3 Å². The zero-order valence-electron chi connectivity index (χ0n) is 11.6. The highest BCUT2D eigenvalue weighted by molar-refractivity contribution is 5.54. The lowest BCUT2D eigenvalue weighted by Gasteiger charge is -2.27. The Kier molecular flexibility index (Phi) is 3.96. The summed E-state index contributed by atoms with van der Waals surface area (Å²) in [4.78, 5) is 4.26. The van der Waals surface area contributed by atoms with E-state index in [2.05, 4.69) is 10.1 Å². The van der Waals surface area contributed by atoms with Crippen LogP contribution in [0.2, 0.25) is 0 Å². The van der Waals surface area contributed by atoms with E-state index in [0.29, 0.717) is 23.8 Å². The van der Waals surface area contributed by atoms with Gasteiger partial charge in [-0.2, -0.15) is 4.98 Å². The lowest BCUT2D eigenvalue weighted by molar-refractivity contribution is 0.273. The average Bonchev–Trinajstić information content (AvgIpc) is 2.93. The zero-order valence-corrected chi connectivity index (χ0v) is 11.6. The molecule has 0 bridgehead atoms. The molecule has 1 aliphatic rings. The third-order valence-corrected chi connectivity index (χ3v) is 4.05. The van der Waals surface area contributed by atoms with Gasteiger partial charge in [-0.3, -0.25) is 0 Å². The molecule has 0 spiro atoms. The lowest BCUT2D eigenvalue weighted by atomic mass is 9.83. The van der Waals surface area contributed by atoms with E-state index < -0.39 is 11.6 Å². The van der Waals surface area contributed by atoms with Gasteiger partial charge in [-0.15, -0.1) is 0 Å². The van der Waals surface area contributed by atoms with Gasteiger partial charge in [0, 0.05) is 18.0 Å². The van der Waals surface area contributed by atoms with Crippen LogP contribution in [0.4, 0.5) is 8.78 Å². The number of benzene rings is 1. The number of nitrogens with two attached hydrogens (primary N) is 1. The minimum Gasteiger partial charge on any atom is -0.339 e. The molecule has 1 aromatic heterocycles. The fraction of sp³-hybridized carbons (Fsp3) is 0.467. The fourth-order valence-corrected chi connectivity index (χ4v) is 2.80. The minimum absolute atomic E-state index is 0.164. The van der Waals surface area contributed by atoms with Crippen molar-refractivity contribution in [2.75, 3.05) is 0 Å². The summed E-state index contributed by atoms with van der Waals surface area (Å²) in [6.07, 6.45) is 5.06. The normalized spacial score (nSPS) is 22.4. The van der Waals surface area contributed by atoms with E-state index in [9.17, 15) is 8.78 Å². The first kappa shape index (κ1) is 14.1. The highest BCUT2D eigenvalue weighted by Crippen LogP contribution is 2.26. The number of aromatic nitrogens is 2. The largest absolute Gasteiger partial charge is 0.339 e. The van der Waals surface area contributed by atoms with Gasteiger partial charge >= 0.3 is 0 Å². The van der Waals surface area contributed by atoms with E-state index in [0.717, 1.165) is 25.0 Å². The van der Waals surface area contributed by atoms with Crippen LogP contribution in [0.3, 0.4) is 0 Å².